The van der Waals surface area contributed by atoms with Gasteiger partial charge >= 0.3 is 0 Å². The number of nitrogens with one attached hydrogen (secondary N) is 3. The van der Waals surface area contributed by atoms with E-state index in [1.165, 1.54) is 12.1 Å². The Kier molecular flexibility index (Phi) is 6.48. The van der Waals surface area contributed by atoms with Gasteiger partial charge in [-0.2, -0.15) is 0 Å². The van der Waals surface area contributed by atoms with Gasteiger partial charge in [0.2, 0.25) is 0 Å². The van der Waals surface area contributed by atoms with Gasteiger partial charge in [0, 0.05) is 36.8 Å². The second-order valence-corrected chi connectivity index (χ2v) is 6.25. The van der Waals surface area contributed by atoms with Crippen LogP contribution in [0.5, 0.6) is 0 Å². The molecule has 0 radical (unpaired) electrons. The van der Waals surface area contributed by atoms with Crippen LogP contribution in [0.2, 0.25) is 0 Å². The Labute approximate surface area is 157 Å². The maximum atomic E-state index is 12.0. The smallest absolute Gasteiger partial charge is 0.293 e. The van der Waals surface area contributed by atoms with Crippen molar-refractivity contribution in [3.05, 3.63) is 69.3 Å². The number of rotatable bonds is 7. The molecule has 8 heteroatoms. The molecule has 0 aliphatic carbocycles. The Hall–Kier alpha value is -3.42. The lowest BCUT2D eigenvalue weighted by atomic mass is 10.1. The average Bonchev–Trinajstić information content (AvgIpc) is 2.65. The summed E-state index contributed by atoms with van der Waals surface area (Å²) in [7, 11) is 1.56. The number of benzene rings is 2. The van der Waals surface area contributed by atoms with Crippen LogP contribution < -0.4 is 16.0 Å². The van der Waals surface area contributed by atoms with Crippen molar-refractivity contribution in [1.29, 1.82) is 0 Å². The highest BCUT2D eigenvalue weighted by molar-refractivity contribution is 5.96. The summed E-state index contributed by atoms with van der Waals surface area (Å²) in [5, 5.41) is 19.6. The number of hydrogen-bond donors (Lipinski definition) is 3. The second kappa shape index (κ2) is 8.79. The molecule has 3 N–H and O–H groups in total. The molecular weight excluding hydrogens is 348 g/mol. The fourth-order valence-electron chi connectivity index (χ4n) is 2.43. The van der Waals surface area contributed by atoms with E-state index in [9.17, 15) is 19.7 Å². The standard InChI is InChI=1S/C19H22N4O4/c1-12(2)22-19(25)15-8-9-16(17(10-15)23(26)27)21-11-13-4-6-14(7-5-13)18(24)20-3/h4-10,12,21H,11H2,1-3H3,(H,20,24)(H,22,25). The van der Waals surface area contributed by atoms with Crippen molar-refractivity contribution in [2.45, 2.75) is 26.4 Å². The summed E-state index contributed by atoms with van der Waals surface area (Å²) >= 11 is 0. The maximum absolute atomic E-state index is 12.0. The van der Waals surface area contributed by atoms with Crippen molar-refractivity contribution in [3.8, 4) is 0 Å². The highest BCUT2D eigenvalue weighted by Crippen LogP contribution is 2.26. The molecule has 2 amide bonds. The summed E-state index contributed by atoms with van der Waals surface area (Å²) in [6.07, 6.45) is 0. The monoisotopic (exact) mass is 370 g/mol. The van der Waals surface area contributed by atoms with Crippen LogP contribution in [-0.4, -0.2) is 29.8 Å². The Balaban J connectivity index is 2.14. The lowest BCUT2D eigenvalue weighted by Gasteiger charge is -2.11. The first-order valence-corrected chi connectivity index (χ1v) is 8.46. The Morgan fingerprint density at radius 2 is 1.67 bits per heavy atom. The molecule has 0 saturated heterocycles. The molecule has 0 aromatic heterocycles. The molecule has 0 atom stereocenters. The van der Waals surface area contributed by atoms with Crippen LogP contribution in [-0.2, 0) is 6.54 Å². The SMILES string of the molecule is CNC(=O)c1ccc(CNc2ccc(C(=O)NC(C)C)cc2[N+](=O)[O-])cc1. The molecule has 0 aliphatic rings. The lowest BCUT2D eigenvalue weighted by Crippen LogP contribution is -2.30. The molecule has 142 valence electrons. The van der Waals surface area contributed by atoms with Crippen molar-refractivity contribution in [2.75, 3.05) is 12.4 Å². The molecule has 2 aromatic carbocycles. The number of nitro benzene ring substituents is 1. The molecule has 0 spiro atoms. The summed E-state index contributed by atoms with van der Waals surface area (Å²) in [5.41, 5.74) is 1.77. The normalized spacial score (nSPS) is 10.4. The molecule has 0 aliphatic heterocycles. The molecule has 2 aromatic rings. The maximum Gasteiger partial charge on any atom is 0.293 e. The van der Waals surface area contributed by atoms with Gasteiger partial charge < -0.3 is 16.0 Å². The van der Waals surface area contributed by atoms with E-state index in [-0.39, 0.29) is 29.1 Å². The number of carbonyl (C=O) groups excluding carboxylic acids is 2. The van der Waals surface area contributed by atoms with Gasteiger partial charge in [-0.15, -0.1) is 0 Å². The summed E-state index contributed by atoms with van der Waals surface area (Å²) in [4.78, 5) is 34.4. The molecule has 8 nitrogen and oxygen atoms in total. The quantitative estimate of drug-likeness (QED) is 0.512. The molecule has 0 unspecified atom stereocenters. The highest BCUT2D eigenvalue weighted by Gasteiger charge is 2.18. The van der Waals surface area contributed by atoms with Crippen molar-refractivity contribution in [3.63, 3.8) is 0 Å². The Bertz CT molecular complexity index is 847. The third-order valence-electron chi connectivity index (χ3n) is 3.80. The summed E-state index contributed by atoms with van der Waals surface area (Å²) in [6, 6.07) is 11.2. The van der Waals surface area contributed by atoms with E-state index in [1.54, 1.807) is 37.4 Å². The van der Waals surface area contributed by atoms with Gasteiger partial charge in [0.15, 0.2) is 0 Å². The number of nitrogens with zero attached hydrogens (tertiary/aromatic N) is 1. The third-order valence-corrected chi connectivity index (χ3v) is 3.80. The van der Waals surface area contributed by atoms with Gasteiger partial charge in [-0.1, -0.05) is 12.1 Å². The minimum atomic E-state index is -0.525. The number of nitro groups is 1. The van der Waals surface area contributed by atoms with Crippen LogP contribution in [0.3, 0.4) is 0 Å². The number of carbonyl (C=O) groups is 2. The van der Waals surface area contributed by atoms with E-state index in [1.807, 2.05) is 13.8 Å². The average molecular weight is 370 g/mol. The fraction of sp³-hybridized carbons (Fsp3) is 0.263. The van der Waals surface area contributed by atoms with Crippen molar-refractivity contribution in [2.24, 2.45) is 0 Å². The van der Waals surface area contributed by atoms with Gasteiger partial charge in [-0.3, -0.25) is 19.7 Å². The van der Waals surface area contributed by atoms with Crippen molar-refractivity contribution in [1.82, 2.24) is 10.6 Å². The van der Waals surface area contributed by atoms with E-state index in [0.29, 0.717) is 17.8 Å². The molecule has 0 fully saturated rings. The largest absolute Gasteiger partial charge is 0.375 e. The lowest BCUT2D eigenvalue weighted by molar-refractivity contribution is -0.384. The first-order valence-electron chi connectivity index (χ1n) is 8.46. The molecular formula is C19H22N4O4. The van der Waals surface area contributed by atoms with Crippen LogP contribution in [0.25, 0.3) is 0 Å². The molecule has 2 rings (SSSR count). The number of anilines is 1. The highest BCUT2D eigenvalue weighted by atomic mass is 16.6. The van der Waals surface area contributed by atoms with Crippen molar-refractivity contribution >= 4 is 23.2 Å². The molecule has 0 heterocycles. The third kappa shape index (κ3) is 5.27. The Morgan fingerprint density at radius 3 is 2.22 bits per heavy atom. The van der Waals surface area contributed by atoms with E-state index < -0.39 is 4.92 Å². The predicted molar refractivity (Wildman–Crippen MR) is 103 cm³/mol. The topological polar surface area (TPSA) is 113 Å². The summed E-state index contributed by atoms with van der Waals surface area (Å²) in [5.74, 6) is -0.537. The summed E-state index contributed by atoms with van der Waals surface area (Å²) in [6.45, 7) is 3.97. The van der Waals surface area contributed by atoms with Crippen molar-refractivity contribution < 1.29 is 14.5 Å². The zero-order chi connectivity index (χ0) is 20.0. The van der Waals surface area contributed by atoms with Crippen LogP contribution in [0.1, 0.15) is 40.1 Å². The predicted octanol–water partition coefficient (Wildman–Crippen LogP) is 2.70. The van der Waals surface area contributed by atoms with E-state index >= 15 is 0 Å². The summed E-state index contributed by atoms with van der Waals surface area (Å²) < 4.78 is 0. The molecule has 0 saturated carbocycles. The first-order chi connectivity index (χ1) is 12.8. The second-order valence-electron chi connectivity index (χ2n) is 6.25. The number of hydrogen-bond acceptors (Lipinski definition) is 5. The fourth-order valence-corrected chi connectivity index (χ4v) is 2.43. The van der Waals surface area contributed by atoms with Gasteiger partial charge in [0.25, 0.3) is 17.5 Å². The van der Waals surface area contributed by atoms with E-state index in [0.717, 1.165) is 5.56 Å². The van der Waals surface area contributed by atoms with Gasteiger partial charge in [-0.25, -0.2) is 0 Å². The zero-order valence-corrected chi connectivity index (χ0v) is 15.4. The first kappa shape index (κ1) is 19.9. The van der Waals surface area contributed by atoms with E-state index in [4.69, 9.17) is 0 Å². The minimum Gasteiger partial charge on any atom is -0.375 e. The number of amides is 2. The molecule has 0 bridgehead atoms. The Morgan fingerprint density at radius 1 is 1.04 bits per heavy atom. The van der Waals surface area contributed by atoms with Crippen LogP contribution in [0, 0.1) is 10.1 Å². The van der Waals surface area contributed by atoms with Crippen LogP contribution in [0.4, 0.5) is 11.4 Å². The van der Waals surface area contributed by atoms with Gasteiger partial charge in [0.1, 0.15) is 5.69 Å². The van der Waals surface area contributed by atoms with E-state index in [2.05, 4.69) is 16.0 Å². The zero-order valence-electron chi connectivity index (χ0n) is 15.4. The van der Waals surface area contributed by atoms with Gasteiger partial charge in [0.05, 0.1) is 4.92 Å². The molecule has 27 heavy (non-hydrogen) atoms. The minimum absolute atomic E-state index is 0.0629. The van der Waals surface area contributed by atoms with Crippen LogP contribution >= 0.6 is 0 Å². The van der Waals surface area contributed by atoms with Gasteiger partial charge in [-0.05, 0) is 43.7 Å². The van der Waals surface area contributed by atoms with Crippen LogP contribution in [0.15, 0.2) is 42.5 Å².